The van der Waals surface area contributed by atoms with Gasteiger partial charge >= 0.3 is 0 Å². The minimum atomic E-state index is 0.0352. The molecule has 0 spiro atoms. The molecular weight excluding hydrogens is 226 g/mol. The summed E-state index contributed by atoms with van der Waals surface area (Å²) in [7, 11) is 0. The van der Waals surface area contributed by atoms with Crippen LogP contribution >= 0.6 is 0 Å². The molecule has 3 heteroatoms. The first-order valence-corrected chi connectivity index (χ1v) is 7.44. The van der Waals surface area contributed by atoms with Crippen LogP contribution in [0.15, 0.2) is 0 Å². The molecule has 106 valence electrons. The molecule has 0 radical (unpaired) electrons. The fourth-order valence-corrected chi connectivity index (χ4v) is 2.39. The standard InChI is InChI=1S/C15H29NO2/c1-12(2)15(16)11-14(17)6-4-3-5-13-7-9-18-10-8-13/h12-13,15H,3-11,16H2,1-2H3. The van der Waals surface area contributed by atoms with E-state index in [2.05, 4.69) is 13.8 Å². The third-order valence-electron chi connectivity index (χ3n) is 3.98. The lowest BCUT2D eigenvalue weighted by molar-refractivity contribution is -0.119. The molecule has 0 aromatic carbocycles. The van der Waals surface area contributed by atoms with Gasteiger partial charge in [-0.05, 0) is 31.1 Å². The van der Waals surface area contributed by atoms with E-state index in [4.69, 9.17) is 10.5 Å². The van der Waals surface area contributed by atoms with E-state index in [0.29, 0.717) is 24.5 Å². The quantitative estimate of drug-likeness (QED) is 0.678. The second-order valence-electron chi connectivity index (χ2n) is 5.95. The van der Waals surface area contributed by atoms with Gasteiger partial charge in [0.1, 0.15) is 5.78 Å². The summed E-state index contributed by atoms with van der Waals surface area (Å²) in [6, 6.07) is 0.0352. The molecular formula is C15H29NO2. The van der Waals surface area contributed by atoms with Crippen molar-refractivity contribution in [1.29, 1.82) is 0 Å². The lowest BCUT2D eigenvalue weighted by Gasteiger charge is -2.21. The van der Waals surface area contributed by atoms with Crippen molar-refractivity contribution in [1.82, 2.24) is 0 Å². The van der Waals surface area contributed by atoms with Gasteiger partial charge in [0.05, 0.1) is 0 Å². The zero-order valence-electron chi connectivity index (χ0n) is 12.0. The zero-order chi connectivity index (χ0) is 13.4. The lowest BCUT2D eigenvalue weighted by atomic mass is 9.92. The van der Waals surface area contributed by atoms with Crippen molar-refractivity contribution in [2.45, 2.75) is 64.8 Å². The predicted octanol–water partition coefficient (Wildman–Crippen LogP) is 2.92. The highest BCUT2D eigenvalue weighted by Crippen LogP contribution is 2.21. The van der Waals surface area contributed by atoms with Crippen LogP contribution in [0.25, 0.3) is 0 Å². The molecule has 1 aliphatic heterocycles. The molecule has 1 heterocycles. The molecule has 0 aromatic heterocycles. The van der Waals surface area contributed by atoms with Crippen molar-refractivity contribution in [3.8, 4) is 0 Å². The number of ether oxygens (including phenoxy) is 1. The summed E-state index contributed by atoms with van der Waals surface area (Å²) in [5.74, 6) is 1.56. The molecule has 1 aliphatic rings. The molecule has 1 atom stereocenters. The molecule has 0 aromatic rings. The second-order valence-corrected chi connectivity index (χ2v) is 5.95. The summed E-state index contributed by atoms with van der Waals surface area (Å²) in [5.41, 5.74) is 5.90. The fourth-order valence-electron chi connectivity index (χ4n) is 2.39. The molecule has 1 rings (SSSR count). The Kier molecular flexibility index (Phi) is 7.52. The lowest BCUT2D eigenvalue weighted by Crippen LogP contribution is -2.29. The summed E-state index contributed by atoms with van der Waals surface area (Å²) in [4.78, 5) is 11.7. The largest absolute Gasteiger partial charge is 0.381 e. The minimum Gasteiger partial charge on any atom is -0.381 e. The summed E-state index contributed by atoms with van der Waals surface area (Å²) in [5, 5.41) is 0. The highest BCUT2D eigenvalue weighted by Gasteiger charge is 2.15. The second kappa shape index (κ2) is 8.65. The minimum absolute atomic E-state index is 0.0352. The Morgan fingerprint density at radius 2 is 1.94 bits per heavy atom. The van der Waals surface area contributed by atoms with Gasteiger partial charge in [-0.1, -0.05) is 26.7 Å². The summed E-state index contributed by atoms with van der Waals surface area (Å²) in [6.07, 6.45) is 7.12. The zero-order valence-corrected chi connectivity index (χ0v) is 12.0. The van der Waals surface area contributed by atoms with Crippen LogP contribution in [0.2, 0.25) is 0 Å². The Bertz CT molecular complexity index is 235. The molecule has 0 aliphatic carbocycles. The Morgan fingerprint density at radius 1 is 1.28 bits per heavy atom. The smallest absolute Gasteiger partial charge is 0.134 e. The first-order chi connectivity index (χ1) is 8.59. The van der Waals surface area contributed by atoms with Gasteiger partial charge in [-0.2, -0.15) is 0 Å². The number of hydrogen-bond acceptors (Lipinski definition) is 3. The molecule has 1 unspecified atom stereocenters. The third-order valence-corrected chi connectivity index (χ3v) is 3.98. The maximum Gasteiger partial charge on any atom is 0.134 e. The monoisotopic (exact) mass is 255 g/mol. The molecule has 1 saturated heterocycles. The van der Waals surface area contributed by atoms with Gasteiger partial charge in [0, 0.05) is 32.1 Å². The van der Waals surface area contributed by atoms with E-state index in [0.717, 1.165) is 25.6 Å². The van der Waals surface area contributed by atoms with Gasteiger partial charge in [-0.15, -0.1) is 0 Å². The predicted molar refractivity (Wildman–Crippen MR) is 74.4 cm³/mol. The van der Waals surface area contributed by atoms with Gasteiger partial charge in [0.2, 0.25) is 0 Å². The number of hydrogen-bond donors (Lipinski definition) is 1. The Morgan fingerprint density at radius 3 is 2.56 bits per heavy atom. The molecule has 2 N–H and O–H groups in total. The van der Waals surface area contributed by atoms with Crippen LogP contribution in [0.5, 0.6) is 0 Å². The SMILES string of the molecule is CC(C)C(N)CC(=O)CCCCC1CCOCC1. The van der Waals surface area contributed by atoms with Crippen LogP contribution < -0.4 is 5.73 Å². The first kappa shape index (κ1) is 15.6. The van der Waals surface area contributed by atoms with E-state index >= 15 is 0 Å². The number of Topliss-reactive ketones (excluding diaryl/α,β-unsaturated/α-hetero) is 1. The van der Waals surface area contributed by atoms with Gasteiger partial charge in [0.25, 0.3) is 0 Å². The van der Waals surface area contributed by atoms with Crippen molar-refractivity contribution >= 4 is 5.78 Å². The third kappa shape index (κ3) is 6.50. The van der Waals surface area contributed by atoms with Gasteiger partial charge in [0.15, 0.2) is 0 Å². The van der Waals surface area contributed by atoms with E-state index < -0.39 is 0 Å². The highest BCUT2D eigenvalue weighted by atomic mass is 16.5. The Labute approximate surface area is 111 Å². The van der Waals surface area contributed by atoms with Crippen LogP contribution in [0.3, 0.4) is 0 Å². The van der Waals surface area contributed by atoms with Crippen molar-refractivity contribution < 1.29 is 9.53 Å². The molecule has 3 nitrogen and oxygen atoms in total. The molecule has 1 fully saturated rings. The van der Waals surface area contributed by atoms with Crippen LogP contribution in [-0.4, -0.2) is 25.0 Å². The topological polar surface area (TPSA) is 52.3 Å². The first-order valence-electron chi connectivity index (χ1n) is 7.44. The van der Waals surface area contributed by atoms with Crippen molar-refractivity contribution in [3.63, 3.8) is 0 Å². The van der Waals surface area contributed by atoms with Crippen LogP contribution in [0.4, 0.5) is 0 Å². The number of carbonyl (C=O) groups is 1. The number of unbranched alkanes of at least 4 members (excludes halogenated alkanes) is 1. The van der Waals surface area contributed by atoms with E-state index in [1.807, 2.05) is 0 Å². The molecule has 0 saturated carbocycles. The van der Waals surface area contributed by atoms with E-state index in [-0.39, 0.29) is 6.04 Å². The van der Waals surface area contributed by atoms with Gasteiger partial charge in [-0.25, -0.2) is 0 Å². The van der Waals surface area contributed by atoms with Crippen LogP contribution in [-0.2, 0) is 9.53 Å². The highest BCUT2D eigenvalue weighted by molar-refractivity contribution is 5.78. The van der Waals surface area contributed by atoms with Crippen molar-refractivity contribution in [2.75, 3.05) is 13.2 Å². The van der Waals surface area contributed by atoms with Crippen molar-refractivity contribution in [3.05, 3.63) is 0 Å². The summed E-state index contributed by atoms with van der Waals surface area (Å²) < 4.78 is 5.34. The molecule has 0 bridgehead atoms. The Balaban J connectivity index is 2.01. The molecule has 0 amide bonds. The van der Waals surface area contributed by atoms with E-state index in [9.17, 15) is 4.79 Å². The van der Waals surface area contributed by atoms with Crippen LogP contribution in [0.1, 0.15) is 58.8 Å². The number of carbonyl (C=O) groups excluding carboxylic acids is 1. The normalized spacial score (nSPS) is 19.1. The maximum atomic E-state index is 11.7. The number of rotatable bonds is 8. The van der Waals surface area contributed by atoms with Crippen LogP contribution in [0, 0.1) is 11.8 Å². The summed E-state index contributed by atoms with van der Waals surface area (Å²) >= 11 is 0. The number of ketones is 1. The summed E-state index contributed by atoms with van der Waals surface area (Å²) in [6.45, 7) is 5.99. The number of nitrogens with two attached hydrogens (primary N) is 1. The van der Waals surface area contributed by atoms with E-state index in [1.165, 1.54) is 25.7 Å². The maximum absolute atomic E-state index is 11.7. The van der Waals surface area contributed by atoms with Crippen molar-refractivity contribution in [2.24, 2.45) is 17.6 Å². The Hall–Kier alpha value is -0.410. The average Bonchev–Trinajstić information content (AvgIpc) is 2.35. The van der Waals surface area contributed by atoms with Gasteiger partial charge < -0.3 is 10.5 Å². The van der Waals surface area contributed by atoms with Gasteiger partial charge in [-0.3, -0.25) is 4.79 Å². The molecule has 18 heavy (non-hydrogen) atoms. The fraction of sp³-hybridized carbons (Fsp3) is 0.933. The van der Waals surface area contributed by atoms with E-state index in [1.54, 1.807) is 0 Å². The average molecular weight is 255 g/mol.